The van der Waals surface area contributed by atoms with Crippen molar-refractivity contribution < 1.29 is 4.92 Å². The lowest BCUT2D eigenvalue weighted by atomic mass is 10.1. The van der Waals surface area contributed by atoms with Crippen molar-refractivity contribution in [2.24, 2.45) is 0 Å². The summed E-state index contributed by atoms with van der Waals surface area (Å²) in [6.07, 6.45) is 2.38. The van der Waals surface area contributed by atoms with Crippen LogP contribution >= 0.6 is 11.6 Å². The highest BCUT2D eigenvalue weighted by atomic mass is 35.5. The number of nitro groups is 1. The fourth-order valence-corrected chi connectivity index (χ4v) is 1.26. The molecule has 1 aromatic carbocycles. The molecule has 0 saturated heterocycles. The van der Waals surface area contributed by atoms with Crippen LogP contribution in [0.1, 0.15) is 5.56 Å². The van der Waals surface area contributed by atoms with Gasteiger partial charge in [-0.1, -0.05) is 23.7 Å². The number of rotatable bonds is 3. The van der Waals surface area contributed by atoms with Crippen LogP contribution in [-0.2, 0) is 6.42 Å². The molecule has 0 N–H and O–H groups in total. The van der Waals surface area contributed by atoms with Crippen LogP contribution in [0.25, 0.3) is 0 Å². The average molecular weight is 198 g/mol. The molecule has 0 aliphatic carbocycles. The van der Waals surface area contributed by atoms with Crippen molar-refractivity contribution in [1.29, 1.82) is 0 Å². The van der Waals surface area contributed by atoms with Gasteiger partial charge in [0.2, 0.25) is 0 Å². The SMILES string of the molecule is C=CCc1ccc([N+](=O)[O-])c(Cl)c1. The van der Waals surface area contributed by atoms with E-state index in [-0.39, 0.29) is 10.7 Å². The molecule has 0 aliphatic heterocycles. The Balaban J connectivity index is 3.05. The second kappa shape index (κ2) is 4.05. The van der Waals surface area contributed by atoms with E-state index in [1.54, 1.807) is 18.2 Å². The summed E-state index contributed by atoms with van der Waals surface area (Å²) in [5.41, 5.74) is 0.861. The Morgan fingerprint density at radius 3 is 2.77 bits per heavy atom. The largest absolute Gasteiger partial charge is 0.287 e. The van der Waals surface area contributed by atoms with E-state index in [9.17, 15) is 10.1 Å². The molecule has 0 bridgehead atoms. The highest BCUT2D eigenvalue weighted by Crippen LogP contribution is 2.25. The molecule has 0 spiro atoms. The van der Waals surface area contributed by atoms with Crippen molar-refractivity contribution in [1.82, 2.24) is 0 Å². The van der Waals surface area contributed by atoms with E-state index in [1.165, 1.54) is 6.07 Å². The Morgan fingerprint density at radius 1 is 1.62 bits per heavy atom. The van der Waals surface area contributed by atoms with Gasteiger partial charge in [-0.25, -0.2) is 0 Å². The van der Waals surface area contributed by atoms with Crippen LogP contribution < -0.4 is 0 Å². The van der Waals surface area contributed by atoms with Crippen LogP contribution in [0.4, 0.5) is 5.69 Å². The Kier molecular flexibility index (Phi) is 3.03. The molecule has 68 valence electrons. The molecule has 0 aromatic heterocycles. The lowest BCUT2D eigenvalue weighted by molar-refractivity contribution is -0.384. The van der Waals surface area contributed by atoms with Crippen LogP contribution in [-0.4, -0.2) is 4.92 Å². The van der Waals surface area contributed by atoms with Crippen LogP contribution in [0.5, 0.6) is 0 Å². The molecule has 1 rings (SSSR count). The maximum absolute atomic E-state index is 10.4. The van der Waals surface area contributed by atoms with E-state index in [2.05, 4.69) is 6.58 Å². The van der Waals surface area contributed by atoms with Gasteiger partial charge in [-0.2, -0.15) is 0 Å². The van der Waals surface area contributed by atoms with Crippen LogP contribution in [0.2, 0.25) is 5.02 Å². The molecular formula is C9H8ClNO2. The second-order valence-corrected chi connectivity index (χ2v) is 2.94. The summed E-state index contributed by atoms with van der Waals surface area (Å²) in [4.78, 5) is 9.89. The molecule has 0 fully saturated rings. The van der Waals surface area contributed by atoms with Gasteiger partial charge in [-0.15, -0.1) is 6.58 Å². The summed E-state index contributed by atoms with van der Waals surface area (Å²) < 4.78 is 0. The number of nitro benzene ring substituents is 1. The van der Waals surface area contributed by atoms with Crippen molar-refractivity contribution in [3.63, 3.8) is 0 Å². The maximum atomic E-state index is 10.4. The lowest BCUT2D eigenvalue weighted by Crippen LogP contribution is -1.90. The van der Waals surface area contributed by atoms with Crippen molar-refractivity contribution in [3.8, 4) is 0 Å². The van der Waals surface area contributed by atoms with Gasteiger partial charge >= 0.3 is 0 Å². The van der Waals surface area contributed by atoms with Gasteiger partial charge < -0.3 is 0 Å². The zero-order valence-corrected chi connectivity index (χ0v) is 7.62. The van der Waals surface area contributed by atoms with E-state index < -0.39 is 4.92 Å². The Hall–Kier alpha value is -1.35. The summed E-state index contributed by atoms with van der Waals surface area (Å²) in [7, 11) is 0. The first kappa shape index (κ1) is 9.74. The Labute approximate surface area is 80.8 Å². The van der Waals surface area contributed by atoms with E-state index in [0.29, 0.717) is 6.42 Å². The minimum Gasteiger partial charge on any atom is -0.258 e. The molecular weight excluding hydrogens is 190 g/mol. The summed E-state index contributed by atoms with van der Waals surface area (Å²) in [5, 5.41) is 10.6. The van der Waals surface area contributed by atoms with Crippen LogP contribution in [0, 0.1) is 10.1 Å². The summed E-state index contributed by atoms with van der Waals surface area (Å²) in [6.45, 7) is 3.57. The number of hydrogen-bond donors (Lipinski definition) is 0. The average Bonchev–Trinajstić information content (AvgIpc) is 2.04. The number of hydrogen-bond acceptors (Lipinski definition) is 2. The molecule has 13 heavy (non-hydrogen) atoms. The van der Waals surface area contributed by atoms with Gasteiger partial charge in [-0.3, -0.25) is 10.1 Å². The standard InChI is InChI=1S/C9H8ClNO2/c1-2-3-7-4-5-9(11(12)13)8(10)6-7/h2,4-6H,1,3H2. The quantitative estimate of drug-likeness (QED) is 0.425. The highest BCUT2D eigenvalue weighted by Gasteiger charge is 2.10. The molecule has 3 nitrogen and oxygen atoms in total. The highest BCUT2D eigenvalue weighted by molar-refractivity contribution is 6.32. The van der Waals surface area contributed by atoms with E-state index in [4.69, 9.17) is 11.6 Å². The molecule has 0 heterocycles. The summed E-state index contributed by atoms with van der Waals surface area (Å²) >= 11 is 5.68. The van der Waals surface area contributed by atoms with Crippen molar-refractivity contribution >= 4 is 17.3 Å². The molecule has 0 unspecified atom stereocenters. The number of benzene rings is 1. The molecule has 4 heteroatoms. The minimum atomic E-state index is -0.500. The van der Waals surface area contributed by atoms with Crippen LogP contribution in [0.15, 0.2) is 30.9 Å². The van der Waals surface area contributed by atoms with Crippen molar-refractivity contribution in [3.05, 3.63) is 51.6 Å². The zero-order chi connectivity index (χ0) is 9.84. The Bertz CT molecular complexity index is 349. The molecule has 0 amide bonds. The van der Waals surface area contributed by atoms with Gasteiger partial charge in [0.05, 0.1) is 4.92 Å². The van der Waals surface area contributed by atoms with Gasteiger partial charge in [0.25, 0.3) is 5.69 Å². The second-order valence-electron chi connectivity index (χ2n) is 2.54. The maximum Gasteiger partial charge on any atom is 0.287 e. The summed E-state index contributed by atoms with van der Waals surface area (Å²) in [5.74, 6) is 0. The molecule has 1 aromatic rings. The van der Waals surface area contributed by atoms with Gasteiger partial charge in [0.15, 0.2) is 0 Å². The monoisotopic (exact) mass is 197 g/mol. The predicted molar refractivity (Wildman–Crippen MR) is 52.0 cm³/mol. The smallest absolute Gasteiger partial charge is 0.258 e. The number of allylic oxidation sites excluding steroid dienone is 1. The Morgan fingerprint density at radius 2 is 2.31 bits per heavy atom. The predicted octanol–water partition coefficient (Wildman–Crippen LogP) is 2.98. The first-order valence-corrected chi connectivity index (χ1v) is 4.06. The lowest BCUT2D eigenvalue weighted by Gasteiger charge is -1.98. The third kappa shape index (κ3) is 2.29. The fraction of sp³-hybridized carbons (Fsp3) is 0.111. The van der Waals surface area contributed by atoms with E-state index >= 15 is 0 Å². The third-order valence-corrected chi connectivity index (χ3v) is 1.89. The van der Waals surface area contributed by atoms with E-state index in [1.807, 2.05) is 0 Å². The topological polar surface area (TPSA) is 43.1 Å². The number of nitrogens with zero attached hydrogens (tertiary/aromatic N) is 1. The molecule has 0 aliphatic rings. The molecule has 0 radical (unpaired) electrons. The fourth-order valence-electron chi connectivity index (χ4n) is 0.992. The van der Waals surface area contributed by atoms with Gasteiger partial charge in [0.1, 0.15) is 5.02 Å². The minimum absolute atomic E-state index is 0.0607. The van der Waals surface area contributed by atoms with Crippen LogP contribution in [0.3, 0.4) is 0 Å². The first-order valence-electron chi connectivity index (χ1n) is 3.69. The van der Waals surface area contributed by atoms with Gasteiger partial charge in [0, 0.05) is 6.07 Å². The molecule has 0 atom stereocenters. The summed E-state index contributed by atoms with van der Waals surface area (Å²) in [6, 6.07) is 4.66. The van der Waals surface area contributed by atoms with Crippen molar-refractivity contribution in [2.45, 2.75) is 6.42 Å². The first-order chi connectivity index (χ1) is 6.15. The zero-order valence-electron chi connectivity index (χ0n) is 6.87. The van der Waals surface area contributed by atoms with Gasteiger partial charge in [-0.05, 0) is 18.1 Å². The normalized spacial score (nSPS) is 9.62. The third-order valence-electron chi connectivity index (χ3n) is 1.59. The van der Waals surface area contributed by atoms with E-state index in [0.717, 1.165) is 5.56 Å². The molecule has 0 saturated carbocycles. The number of halogens is 1. The van der Waals surface area contributed by atoms with Crippen molar-refractivity contribution in [2.75, 3.05) is 0 Å².